The van der Waals surface area contributed by atoms with Gasteiger partial charge in [-0.15, -0.1) is 16.4 Å². The van der Waals surface area contributed by atoms with Crippen LogP contribution >= 0.6 is 34.7 Å². The number of thiophene rings is 1. The fraction of sp³-hybridized carbons (Fsp3) is 0.111. The van der Waals surface area contributed by atoms with E-state index in [9.17, 15) is 4.79 Å². The summed E-state index contributed by atoms with van der Waals surface area (Å²) in [6, 6.07) is 1.92. The largest absolute Gasteiger partial charge is 0.343 e. The second-order valence-electron chi connectivity index (χ2n) is 3.41. The molecule has 3 rings (SSSR count). The molecule has 18 heavy (non-hydrogen) atoms. The maximum atomic E-state index is 11.3. The van der Waals surface area contributed by atoms with Gasteiger partial charge in [0.25, 0.3) is 0 Å². The first kappa shape index (κ1) is 11.7. The Morgan fingerprint density at radius 2 is 2.33 bits per heavy atom. The minimum absolute atomic E-state index is 0.188. The van der Waals surface area contributed by atoms with Gasteiger partial charge in [0.1, 0.15) is 9.86 Å². The summed E-state index contributed by atoms with van der Waals surface area (Å²) >= 11 is 8.63. The normalized spacial score (nSPS) is 11.2. The number of fused-ring (bicyclic) bond motifs is 1. The standard InChI is InChI=1S/C9H6ClN5OS2/c1-15-8(16)13-14-9(15)18-6-4-2-3-17-5(4)11-7(10)12-6/h2-3H,1H3,(H,13,16). The van der Waals surface area contributed by atoms with Crippen molar-refractivity contribution in [3.8, 4) is 0 Å². The highest BCUT2D eigenvalue weighted by Gasteiger charge is 2.13. The zero-order valence-corrected chi connectivity index (χ0v) is 11.4. The van der Waals surface area contributed by atoms with Crippen molar-refractivity contribution in [1.82, 2.24) is 24.7 Å². The van der Waals surface area contributed by atoms with Crippen LogP contribution < -0.4 is 5.69 Å². The molecule has 0 saturated carbocycles. The Labute approximate surface area is 114 Å². The second kappa shape index (κ2) is 4.38. The lowest BCUT2D eigenvalue weighted by Crippen LogP contribution is -2.12. The fourth-order valence-corrected chi connectivity index (χ4v) is 3.38. The predicted octanol–water partition coefficient (Wildman–Crippen LogP) is 1.92. The molecular weight excluding hydrogens is 294 g/mol. The van der Waals surface area contributed by atoms with Crippen LogP contribution in [0.2, 0.25) is 5.28 Å². The molecule has 0 aliphatic heterocycles. The van der Waals surface area contributed by atoms with E-state index in [0.717, 1.165) is 10.2 Å². The molecule has 3 aromatic heterocycles. The summed E-state index contributed by atoms with van der Waals surface area (Å²) < 4.78 is 1.42. The number of nitrogens with zero attached hydrogens (tertiary/aromatic N) is 4. The van der Waals surface area contributed by atoms with Gasteiger partial charge < -0.3 is 0 Å². The Bertz CT molecular complexity index is 777. The zero-order valence-electron chi connectivity index (χ0n) is 9.05. The Kier molecular flexibility index (Phi) is 2.84. The highest BCUT2D eigenvalue weighted by molar-refractivity contribution is 7.99. The minimum Gasteiger partial charge on any atom is -0.273 e. The van der Waals surface area contributed by atoms with Gasteiger partial charge in [-0.25, -0.2) is 19.9 Å². The third kappa shape index (κ3) is 1.92. The molecule has 6 nitrogen and oxygen atoms in total. The van der Waals surface area contributed by atoms with E-state index in [-0.39, 0.29) is 11.0 Å². The molecule has 3 heterocycles. The van der Waals surface area contributed by atoms with Crippen LogP contribution in [0, 0.1) is 0 Å². The molecule has 92 valence electrons. The van der Waals surface area contributed by atoms with Gasteiger partial charge >= 0.3 is 5.69 Å². The average Bonchev–Trinajstić information content (AvgIpc) is 2.90. The molecular formula is C9H6ClN5OS2. The molecule has 0 unspecified atom stereocenters. The van der Waals surface area contributed by atoms with E-state index in [2.05, 4.69) is 20.2 Å². The van der Waals surface area contributed by atoms with E-state index in [1.54, 1.807) is 7.05 Å². The molecule has 3 aromatic rings. The van der Waals surface area contributed by atoms with Gasteiger partial charge in [-0.2, -0.15) is 0 Å². The van der Waals surface area contributed by atoms with Crippen LogP contribution in [-0.4, -0.2) is 24.7 Å². The minimum atomic E-state index is -0.265. The number of halogens is 1. The smallest absolute Gasteiger partial charge is 0.273 e. The SMILES string of the molecule is Cn1c(Sc2nc(Cl)nc3sccc23)n[nH]c1=O. The number of aromatic nitrogens is 5. The monoisotopic (exact) mass is 299 g/mol. The van der Waals surface area contributed by atoms with E-state index in [1.165, 1.54) is 27.7 Å². The highest BCUT2D eigenvalue weighted by atomic mass is 35.5. The van der Waals surface area contributed by atoms with Crippen molar-refractivity contribution in [3.63, 3.8) is 0 Å². The number of hydrogen-bond acceptors (Lipinski definition) is 6. The molecule has 0 aromatic carbocycles. The molecule has 1 N–H and O–H groups in total. The lowest BCUT2D eigenvalue weighted by atomic mass is 10.4. The molecule has 0 atom stereocenters. The first-order valence-electron chi connectivity index (χ1n) is 4.85. The van der Waals surface area contributed by atoms with Gasteiger partial charge in [0.05, 0.1) is 0 Å². The molecule has 0 radical (unpaired) electrons. The van der Waals surface area contributed by atoms with E-state index in [1.807, 2.05) is 11.4 Å². The molecule has 0 aliphatic rings. The first-order valence-corrected chi connectivity index (χ1v) is 6.92. The summed E-state index contributed by atoms with van der Waals surface area (Å²) in [6.45, 7) is 0. The zero-order chi connectivity index (χ0) is 12.7. The van der Waals surface area contributed by atoms with E-state index in [0.29, 0.717) is 10.2 Å². The van der Waals surface area contributed by atoms with Crippen LogP contribution in [-0.2, 0) is 7.05 Å². The Hall–Kier alpha value is -1.38. The average molecular weight is 300 g/mol. The van der Waals surface area contributed by atoms with Gasteiger partial charge in [-0.05, 0) is 34.8 Å². The lowest BCUT2D eigenvalue weighted by molar-refractivity contribution is 0.765. The van der Waals surface area contributed by atoms with Crippen LogP contribution in [0.3, 0.4) is 0 Å². The topological polar surface area (TPSA) is 76.5 Å². The first-order chi connectivity index (χ1) is 8.65. The van der Waals surface area contributed by atoms with Gasteiger partial charge in [0, 0.05) is 12.4 Å². The van der Waals surface area contributed by atoms with Crippen LogP contribution in [0.4, 0.5) is 0 Å². The van der Waals surface area contributed by atoms with Crippen LogP contribution in [0.15, 0.2) is 26.4 Å². The summed E-state index contributed by atoms with van der Waals surface area (Å²) in [7, 11) is 1.64. The van der Waals surface area contributed by atoms with Gasteiger partial charge in [-0.1, -0.05) is 0 Å². The number of hydrogen-bond donors (Lipinski definition) is 1. The molecule has 0 bridgehead atoms. The summed E-state index contributed by atoms with van der Waals surface area (Å²) in [4.78, 5) is 20.4. The molecule has 0 fully saturated rings. The van der Waals surface area contributed by atoms with Crippen molar-refractivity contribution in [2.75, 3.05) is 0 Å². The summed E-state index contributed by atoms with van der Waals surface area (Å²) in [5.74, 6) is 0. The fourth-order valence-electron chi connectivity index (χ4n) is 1.39. The van der Waals surface area contributed by atoms with Crippen LogP contribution in [0.5, 0.6) is 0 Å². The maximum Gasteiger partial charge on any atom is 0.343 e. The van der Waals surface area contributed by atoms with Crippen molar-refractivity contribution < 1.29 is 0 Å². The molecule has 0 spiro atoms. The maximum absolute atomic E-state index is 11.3. The highest BCUT2D eigenvalue weighted by Crippen LogP contribution is 2.32. The quantitative estimate of drug-likeness (QED) is 0.578. The second-order valence-corrected chi connectivity index (χ2v) is 5.60. The van der Waals surface area contributed by atoms with Crippen molar-refractivity contribution >= 4 is 44.9 Å². The van der Waals surface area contributed by atoms with Gasteiger partial charge in [-0.3, -0.25) is 4.57 Å². The van der Waals surface area contributed by atoms with E-state index >= 15 is 0 Å². The Morgan fingerprint density at radius 3 is 3.06 bits per heavy atom. The van der Waals surface area contributed by atoms with Crippen molar-refractivity contribution in [1.29, 1.82) is 0 Å². The van der Waals surface area contributed by atoms with E-state index < -0.39 is 0 Å². The lowest BCUT2D eigenvalue weighted by Gasteiger charge is -2.01. The van der Waals surface area contributed by atoms with Gasteiger partial charge in [0.2, 0.25) is 5.28 Å². The third-order valence-electron chi connectivity index (χ3n) is 2.29. The summed E-state index contributed by atoms with van der Waals surface area (Å²) in [5.41, 5.74) is -0.265. The van der Waals surface area contributed by atoms with E-state index in [4.69, 9.17) is 11.6 Å². The van der Waals surface area contributed by atoms with Crippen molar-refractivity contribution in [2.24, 2.45) is 7.05 Å². The molecule has 0 amide bonds. The number of aromatic amines is 1. The summed E-state index contributed by atoms with van der Waals surface area (Å²) in [5, 5.41) is 10.5. The Balaban J connectivity index is 2.12. The van der Waals surface area contributed by atoms with Crippen LogP contribution in [0.1, 0.15) is 0 Å². The van der Waals surface area contributed by atoms with Gasteiger partial charge in [0.15, 0.2) is 5.16 Å². The van der Waals surface area contributed by atoms with Crippen molar-refractivity contribution in [2.45, 2.75) is 10.2 Å². The Morgan fingerprint density at radius 1 is 1.50 bits per heavy atom. The molecule has 9 heteroatoms. The van der Waals surface area contributed by atoms with Crippen molar-refractivity contribution in [3.05, 3.63) is 27.2 Å². The van der Waals surface area contributed by atoms with Crippen LogP contribution in [0.25, 0.3) is 10.2 Å². The number of nitrogens with one attached hydrogen (secondary N) is 1. The molecule has 0 aliphatic carbocycles. The number of H-pyrrole nitrogens is 1. The summed E-state index contributed by atoms with van der Waals surface area (Å²) in [6.07, 6.45) is 0. The number of rotatable bonds is 2. The predicted molar refractivity (Wildman–Crippen MR) is 70.4 cm³/mol. The third-order valence-corrected chi connectivity index (χ3v) is 4.32. The molecule has 0 saturated heterocycles.